The van der Waals surface area contributed by atoms with Crippen molar-refractivity contribution >= 4 is 23.5 Å². The number of nitrogens with one attached hydrogen (secondary N) is 1. The molecule has 0 aliphatic carbocycles. The first-order valence-electron chi connectivity index (χ1n) is 6.75. The van der Waals surface area contributed by atoms with Gasteiger partial charge in [-0.2, -0.15) is 0 Å². The first-order chi connectivity index (χ1) is 9.36. The summed E-state index contributed by atoms with van der Waals surface area (Å²) in [6.07, 6.45) is 3.00. The molecule has 0 aromatic carbocycles. The van der Waals surface area contributed by atoms with Crippen molar-refractivity contribution in [3.05, 3.63) is 23.0 Å². The maximum Gasteiger partial charge on any atom is 0.308 e. The number of amides is 1. The van der Waals surface area contributed by atoms with E-state index in [0.717, 1.165) is 6.42 Å². The molecule has 0 saturated heterocycles. The predicted molar refractivity (Wildman–Crippen MR) is 78.2 cm³/mol. The molecule has 5 nitrogen and oxygen atoms in total. The first-order valence-corrected chi connectivity index (χ1v) is 7.13. The zero-order chi connectivity index (χ0) is 15.3. The van der Waals surface area contributed by atoms with Gasteiger partial charge >= 0.3 is 5.97 Å². The highest BCUT2D eigenvalue weighted by Gasteiger charge is 2.20. The molecule has 0 saturated carbocycles. The number of carboxylic acid groups (broad SMARTS) is 1. The van der Waals surface area contributed by atoms with Crippen molar-refractivity contribution in [1.29, 1.82) is 0 Å². The van der Waals surface area contributed by atoms with Crippen molar-refractivity contribution in [3.8, 4) is 0 Å². The van der Waals surface area contributed by atoms with Gasteiger partial charge in [0.2, 0.25) is 0 Å². The van der Waals surface area contributed by atoms with E-state index in [1.807, 2.05) is 20.8 Å². The SMILES string of the molecule is CCCC(CNC(=O)c1cc(Cl)cn1C(C)C)C(=O)O. The number of nitrogens with zero attached hydrogens (tertiary/aromatic N) is 1. The molecular weight excluding hydrogens is 280 g/mol. The van der Waals surface area contributed by atoms with Crippen LogP contribution < -0.4 is 5.32 Å². The van der Waals surface area contributed by atoms with Gasteiger partial charge in [-0.25, -0.2) is 0 Å². The molecule has 1 amide bonds. The summed E-state index contributed by atoms with van der Waals surface area (Å²) < 4.78 is 1.77. The fourth-order valence-electron chi connectivity index (χ4n) is 2.02. The van der Waals surface area contributed by atoms with Gasteiger partial charge in [-0.15, -0.1) is 0 Å². The van der Waals surface area contributed by atoms with Gasteiger partial charge in [-0.1, -0.05) is 24.9 Å². The van der Waals surface area contributed by atoms with Crippen LogP contribution >= 0.6 is 11.6 Å². The highest BCUT2D eigenvalue weighted by atomic mass is 35.5. The Bertz CT molecular complexity index is 483. The van der Waals surface area contributed by atoms with Crippen molar-refractivity contribution < 1.29 is 14.7 Å². The number of carboxylic acids is 1. The Morgan fingerprint density at radius 2 is 2.10 bits per heavy atom. The predicted octanol–water partition coefficient (Wildman–Crippen LogP) is 2.95. The second-order valence-corrected chi connectivity index (χ2v) is 5.51. The van der Waals surface area contributed by atoms with Crippen LogP contribution in [0.15, 0.2) is 12.3 Å². The van der Waals surface area contributed by atoms with Crippen LogP contribution in [0, 0.1) is 5.92 Å². The number of hydrogen-bond acceptors (Lipinski definition) is 2. The maximum absolute atomic E-state index is 12.1. The van der Waals surface area contributed by atoms with Crippen LogP contribution in [-0.2, 0) is 4.79 Å². The molecule has 6 heteroatoms. The van der Waals surface area contributed by atoms with Crippen molar-refractivity contribution in [2.45, 2.75) is 39.7 Å². The Morgan fingerprint density at radius 1 is 1.45 bits per heavy atom. The topological polar surface area (TPSA) is 71.3 Å². The van der Waals surface area contributed by atoms with E-state index >= 15 is 0 Å². The number of carbonyl (C=O) groups is 2. The monoisotopic (exact) mass is 300 g/mol. The molecule has 0 aliphatic heterocycles. The molecule has 0 radical (unpaired) electrons. The smallest absolute Gasteiger partial charge is 0.308 e. The maximum atomic E-state index is 12.1. The summed E-state index contributed by atoms with van der Waals surface area (Å²) in [7, 11) is 0. The minimum atomic E-state index is -0.885. The number of rotatable bonds is 7. The van der Waals surface area contributed by atoms with Gasteiger partial charge in [0.05, 0.1) is 10.9 Å². The van der Waals surface area contributed by atoms with Crippen LogP contribution in [0.4, 0.5) is 0 Å². The zero-order valence-electron chi connectivity index (χ0n) is 12.0. The second kappa shape index (κ2) is 7.33. The molecule has 0 bridgehead atoms. The summed E-state index contributed by atoms with van der Waals surface area (Å²) >= 11 is 5.92. The van der Waals surface area contributed by atoms with Gasteiger partial charge in [0, 0.05) is 18.8 Å². The first kappa shape index (κ1) is 16.6. The zero-order valence-corrected chi connectivity index (χ0v) is 12.8. The van der Waals surface area contributed by atoms with Gasteiger partial charge in [0.25, 0.3) is 5.91 Å². The Kier molecular flexibility index (Phi) is 6.07. The van der Waals surface area contributed by atoms with E-state index in [1.165, 1.54) is 0 Å². The molecule has 0 aliphatic rings. The molecule has 0 fully saturated rings. The van der Waals surface area contributed by atoms with E-state index < -0.39 is 11.9 Å². The third-order valence-corrected chi connectivity index (χ3v) is 3.31. The molecule has 1 rings (SSSR count). The fourth-order valence-corrected chi connectivity index (χ4v) is 2.23. The Hall–Kier alpha value is -1.49. The van der Waals surface area contributed by atoms with Crippen LogP contribution in [-0.4, -0.2) is 28.1 Å². The molecule has 2 N–H and O–H groups in total. The molecule has 1 atom stereocenters. The van der Waals surface area contributed by atoms with Gasteiger partial charge < -0.3 is 15.0 Å². The number of aromatic nitrogens is 1. The molecule has 1 aromatic heterocycles. The minimum Gasteiger partial charge on any atom is -0.481 e. The molecule has 0 spiro atoms. The van der Waals surface area contributed by atoms with E-state index in [9.17, 15) is 9.59 Å². The lowest BCUT2D eigenvalue weighted by Gasteiger charge is -2.15. The Morgan fingerprint density at radius 3 is 2.60 bits per heavy atom. The molecule has 20 heavy (non-hydrogen) atoms. The Balaban J connectivity index is 2.74. The lowest BCUT2D eigenvalue weighted by Crippen LogP contribution is -2.34. The van der Waals surface area contributed by atoms with Crippen LogP contribution in [0.1, 0.15) is 50.1 Å². The second-order valence-electron chi connectivity index (χ2n) is 5.08. The summed E-state index contributed by atoms with van der Waals surface area (Å²) in [6, 6.07) is 1.70. The Labute approximate surface area is 123 Å². The molecule has 1 heterocycles. The van der Waals surface area contributed by atoms with E-state index in [0.29, 0.717) is 17.1 Å². The normalized spacial score (nSPS) is 12.4. The van der Waals surface area contributed by atoms with Gasteiger partial charge in [-0.3, -0.25) is 9.59 Å². The largest absolute Gasteiger partial charge is 0.481 e. The van der Waals surface area contributed by atoms with Gasteiger partial charge in [0.15, 0.2) is 0 Å². The molecule has 1 aromatic rings. The van der Waals surface area contributed by atoms with Gasteiger partial charge in [-0.05, 0) is 26.3 Å². The van der Waals surface area contributed by atoms with E-state index in [4.69, 9.17) is 16.7 Å². The summed E-state index contributed by atoms with van der Waals surface area (Å²) in [4.78, 5) is 23.2. The standard InChI is InChI=1S/C14H21ClN2O3/c1-4-5-10(14(19)20)7-16-13(18)12-6-11(15)8-17(12)9(2)3/h6,8-10H,4-5,7H2,1-3H3,(H,16,18)(H,19,20). The van der Waals surface area contributed by atoms with Crippen molar-refractivity contribution in [2.24, 2.45) is 5.92 Å². The molecule has 112 valence electrons. The van der Waals surface area contributed by atoms with Crippen molar-refractivity contribution in [1.82, 2.24) is 9.88 Å². The molecular formula is C14H21ClN2O3. The van der Waals surface area contributed by atoms with Crippen LogP contribution in [0.3, 0.4) is 0 Å². The fraction of sp³-hybridized carbons (Fsp3) is 0.571. The van der Waals surface area contributed by atoms with E-state index in [1.54, 1.807) is 16.8 Å². The quantitative estimate of drug-likeness (QED) is 0.813. The third kappa shape index (κ3) is 4.27. The number of halogens is 1. The summed E-state index contributed by atoms with van der Waals surface area (Å²) in [5.41, 5.74) is 0.450. The highest BCUT2D eigenvalue weighted by molar-refractivity contribution is 6.31. The van der Waals surface area contributed by atoms with Crippen molar-refractivity contribution in [3.63, 3.8) is 0 Å². The van der Waals surface area contributed by atoms with Gasteiger partial charge in [0.1, 0.15) is 5.69 Å². The van der Waals surface area contributed by atoms with Crippen LogP contribution in [0.2, 0.25) is 5.02 Å². The van der Waals surface area contributed by atoms with E-state index in [-0.39, 0.29) is 18.5 Å². The number of carbonyl (C=O) groups excluding carboxylic acids is 1. The van der Waals surface area contributed by atoms with E-state index in [2.05, 4.69) is 5.32 Å². The summed E-state index contributed by atoms with van der Waals surface area (Å²) in [5, 5.41) is 12.2. The summed E-state index contributed by atoms with van der Waals surface area (Å²) in [5.74, 6) is -1.74. The minimum absolute atomic E-state index is 0.106. The van der Waals surface area contributed by atoms with Crippen LogP contribution in [0.5, 0.6) is 0 Å². The third-order valence-electron chi connectivity index (χ3n) is 3.10. The number of aliphatic carboxylic acids is 1. The number of hydrogen-bond donors (Lipinski definition) is 2. The van der Waals surface area contributed by atoms with Crippen LogP contribution in [0.25, 0.3) is 0 Å². The average molecular weight is 301 g/mol. The lowest BCUT2D eigenvalue weighted by molar-refractivity contribution is -0.141. The average Bonchev–Trinajstić information content (AvgIpc) is 2.76. The van der Waals surface area contributed by atoms with Crippen molar-refractivity contribution in [2.75, 3.05) is 6.54 Å². The highest BCUT2D eigenvalue weighted by Crippen LogP contribution is 2.19. The molecule has 1 unspecified atom stereocenters. The lowest BCUT2D eigenvalue weighted by atomic mass is 10.0. The summed E-state index contributed by atoms with van der Waals surface area (Å²) in [6.45, 7) is 5.94.